The van der Waals surface area contributed by atoms with Crippen molar-refractivity contribution in [3.05, 3.63) is 23.7 Å². The Morgan fingerprint density at radius 1 is 1.35 bits per heavy atom. The van der Waals surface area contributed by atoms with Crippen LogP contribution in [0.2, 0.25) is 0 Å². The maximum atomic E-state index is 10.9. The van der Waals surface area contributed by atoms with Gasteiger partial charge >= 0.3 is 0 Å². The van der Waals surface area contributed by atoms with Crippen molar-refractivity contribution < 1.29 is 9.84 Å². The lowest BCUT2D eigenvalue weighted by atomic mass is 10.00. The third-order valence-corrected chi connectivity index (χ3v) is 4.07. The molecule has 0 amide bonds. The summed E-state index contributed by atoms with van der Waals surface area (Å²) in [4.78, 5) is 10.8. The Labute approximate surface area is 135 Å². The topological polar surface area (TPSA) is 89.2 Å². The molecule has 0 aliphatic carbocycles. The number of ether oxygens (including phenoxy) is 1. The molecule has 3 rings (SSSR count). The maximum absolute atomic E-state index is 10.9. The number of β-amino-alcohol motifs (C(OH)–C–C–N with tert-alkyl or cyclic N) is 1. The number of nitrogens with zero attached hydrogens (tertiary/aromatic N) is 6. The minimum atomic E-state index is -1.03. The van der Waals surface area contributed by atoms with Crippen LogP contribution in [0.5, 0.6) is 5.88 Å². The largest absolute Gasteiger partial charge is 0.481 e. The van der Waals surface area contributed by atoms with Crippen molar-refractivity contribution in [2.75, 3.05) is 25.1 Å². The van der Waals surface area contributed by atoms with E-state index >= 15 is 0 Å². The number of anilines is 1. The van der Waals surface area contributed by atoms with Gasteiger partial charge in [0.15, 0.2) is 0 Å². The zero-order chi connectivity index (χ0) is 16.6. The summed E-state index contributed by atoms with van der Waals surface area (Å²) in [5.74, 6) is 1.09. The van der Waals surface area contributed by atoms with Gasteiger partial charge < -0.3 is 14.7 Å². The number of hydrogen-bond acceptors (Lipinski definition) is 7. The fourth-order valence-electron chi connectivity index (χ4n) is 2.69. The Bertz CT molecular complexity index is 701. The molecule has 1 aliphatic heterocycles. The molecular weight excluding hydrogens is 296 g/mol. The minimum absolute atomic E-state index is 0.210. The minimum Gasteiger partial charge on any atom is -0.481 e. The molecule has 8 nitrogen and oxygen atoms in total. The summed E-state index contributed by atoms with van der Waals surface area (Å²) in [5, 5.41) is 19.2. The van der Waals surface area contributed by atoms with Gasteiger partial charge in [0, 0.05) is 30.8 Å². The first-order valence-electron chi connectivity index (χ1n) is 7.70. The van der Waals surface area contributed by atoms with E-state index in [2.05, 4.69) is 20.3 Å². The van der Waals surface area contributed by atoms with Gasteiger partial charge in [0.1, 0.15) is 11.3 Å². The summed E-state index contributed by atoms with van der Waals surface area (Å²) >= 11 is 0. The van der Waals surface area contributed by atoms with E-state index in [0.717, 1.165) is 5.69 Å². The predicted molar refractivity (Wildman–Crippen MR) is 84.5 cm³/mol. The van der Waals surface area contributed by atoms with Gasteiger partial charge in [-0.3, -0.25) is 0 Å². The summed E-state index contributed by atoms with van der Waals surface area (Å²) < 4.78 is 6.95. The Balaban J connectivity index is 1.83. The van der Waals surface area contributed by atoms with Gasteiger partial charge in [0.05, 0.1) is 19.9 Å². The highest BCUT2D eigenvalue weighted by atomic mass is 16.5. The molecule has 1 atom stereocenters. The van der Waals surface area contributed by atoms with Crippen LogP contribution in [0, 0.1) is 6.92 Å². The molecule has 2 aromatic rings. The standard InChI is InChI=1S/C15H22N6O2/c1-10(2)21-8-12(18-19-21)15(22)5-6-20(9-15)14-16-11(3)7-13(17-14)23-4/h7-8,10,22H,5-6,9H2,1-4H3. The van der Waals surface area contributed by atoms with Crippen molar-refractivity contribution in [2.24, 2.45) is 0 Å². The molecule has 23 heavy (non-hydrogen) atoms. The SMILES string of the molecule is COc1cc(C)nc(N2CCC(O)(c3cn(C(C)C)nn3)C2)n1. The molecule has 0 saturated carbocycles. The Morgan fingerprint density at radius 2 is 2.13 bits per heavy atom. The second-order valence-corrected chi connectivity index (χ2v) is 6.23. The molecule has 1 N–H and O–H groups in total. The lowest BCUT2D eigenvalue weighted by Crippen LogP contribution is -2.32. The predicted octanol–water partition coefficient (Wildman–Crippen LogP) is 1.06. The number of aliphatic hydroxyl groups is 1. The van der Waals surface area contributed by atoms with Gasteiger partial charge in [-0.25, -0.2) is 9.67 Å². The van der Waals surface area contributed by atoms with Crippen LogP contribution >= 0.6 is 0 Å². The van der Waals surface area contributed by atoms with E-state index in [0.29, 0.717) is 37.0 Å². The lowest BCUT2D eigenvalue weighted by Gasteiger charge is -2.21. The van der Waals surface area contributed by atoms with E-state index in [4.69, 9.17) is 4.74 Å². The third kappa shape index (κ3) is 2.98. The fraction of sp³-hybridized carbons (Fsp3) is 0.600. The summed E-state index contributed by atoms with van der Waals surface area (Å²) in [7, 11) is 1.58. The van der Waals surface area contributed by atoms with Gasteiger partial charge in [-0.15, -0.1) is 5.10 Å². The molecule has 2 aromatic heterocycles. The van der Waals surface area contributed by atoms with Crippen LogP contribution in [0.4, 0.5) is 5.95 Å². The molecule has 1 fully saturated rings. The number of aryl methyl sites for hydroxylation is 1. The first kappa shape index (κ1) is 15.7. The van der Waals surface area contributed by atoms with Crippen molar-refractivity contribution in [1.82, 2.24) is 25.0 Å². The highest BCUT2D eigenvalue weighted by Gasteiger charge is 2.41. The van der Waals surface area contributed by atoms with Crippen LogP contribution in [0.3, 0.4) is 0 Å². The second-order valence-electron chi connectivity index (χ2n) is 6.23. The highest BCUT2D eigenvalue weighted by molar-refractivity contribution is 5.38. The lowest BCUT2D eigenvalue weighted by molar-refractivity contribution is 0.0558. The van der Waals surface area contributed by atoms with Crippen LogP contribution in [0.25, 0.3) is 0 Å². The molecule has 8 heteroatoms. The van der Waals surface area contributed by atoms with Crippen LogP contribution in [-0.4, -0.2) is 50.3 Å². The summed E-state index contributed by atoms with van der Waals surface area (Å²) in [6.45, 7) is 6.98. The smallest absolute Gasteiger partial charge is 0.228 e. The van der Waals surface area contributed by atoms with Crippen LogP contribution < -0.4 is 9.64 Å². The molecule has 0 radical (unpaired) electrons. The van der Waals surface area contributed by atoms with E-state index in [9.17, 15) is 5.11 Å². The average molecular weight is 318 g/mol. The van der Waals surface area contributed by atoms with Gasteiger partial charge in [-0.2, -0.15) is 4.98 Å². The number of methoxy groups -OCH3 is 1. The van der Waals surface area contributed by atoms with E-state index in [1.165, 1.54) is 0 Å². The van der Waals surface area contributed by atoms with Crippen molar-refractivity contribution in [3.63, 3.8) is 0 Å². The van der Waals surface area contributed by atoms with Gasteiger partial charge in [-0.05, 0) is 20.8 Å². The van der Waals surface area contributed by atoms with E-state index in [-0.39, 0.29) is 6.04 Å². The maximum Gasteiger partial charge on any atom is 0.228 e. The second kappa shape index (κ2) is 5.77. The molecule has 1 saturated heterocycles. The molecule has 0 spiro atoms. The van der Waals surface area contributed by atoms with Crippen molar-refractivity contribution in [1.29, 1.82) is 0 Å². The number of aromatic nitrogens is 5. The molecule has 0 bridgehead atoms. The Hall–Kier alpha value is -2.22. The summed E-state index contributed by atoms with van der Waals surface area (Å²) in [6, 6.07) is 1.99. The zero-order valence-corrected chi connectivity index (χ0v) is 13.9. The molecular formula is C15H22N6O2. The number of hydrogen-bond donors (Lipinski definition) is 1. The molecule has 0 aromatic carbocycles. The molecule has 3 heterocycles. The zero-order valence-electron chi connectivity index (χ0n) is 13.9. The van der Waals surface area contributed by atoms with Gasteiger partial charge in [0.25, 0.3) is 0 Å². The van der Waals surface area contributed by atoms with Crippen LogP contribution in [-0.2, 0) is 5.60 Å². The van der Waals surface area contributed by atoms with Crippen molar-refractivity contribution >= 4 is 5.95 Å². The van der Waals surface area contributed by atoms with Crippen LogP contribution in [0.15, 0.2) is 12.3 Å². The molecule has 1 aliphatic rings. The Kier molecular flexibility index (Phi) is 3.93. The molecule has 124 valence electrons. The van der Waals surface area contributed by atoms with E-state index in [1.54, 1.807) is 17.9 Å². The highest BCUT2D eigenvalue weighted by Crippen LogP contribution is 2.33. The van der Waals surface area contributed by atoms with Gasteiger partial charge in [0.2, 0.25) is 11.8 Å². The van der Waals surface area contributed by atoms with Crippen molar-refractivity contribution in [2.45, 2.75) is 38.8 Å². The fourth-order valence-corrected chi connectivity index (χ4v) is 2.69. The summed E-state index contributed by atoms with van der Waals surface area (Å²) in [6.07, 6.45) is 2.37. The van der Waals surface area contributed by atoms with Crippen LogP contribution in [0.1, 0.15) is 37.7 Å². The number of rotatable bonds is 4. The quantitative estimate of drug-likeness (QED) is 0.901. The van der Waals surface area contributed by atoms with Gasteiger partial charge in [-0.1, -0.05) is 5.21 Å². The third-order valence-electron chi connectivity index (χ3n) is 4.07. The van der Waals surface area contributed by atoms with Crippen molar-refractivity contribution in [3.8, 4) is 5.88 Å². The average Bonchev–Trinajstić information content (AvgIpc) is 3.14. The first-order chi connectivity index (χ1) is 10.9. The Morgan fingerprint density at radius 3 is 2.78 bits per heavy atom. The first-order valence-corrected chi connectivity index (χ1v) is 7.70. The normalized spacial score (nSPS) is 21.2. The monoisotopic (exact) mass is 318 g/mol. The summed E-state index contributed by atoms with van der Waals surface area (Å²) in [5.41, 5.74) is 0.384. The van der Waals surface area contributed by atoms with E-state index < -0.39 is 5.60 Å². The van der Waals surface area contributed by atoms with E-state index in [1.807, 2.05) is 31.9 Å². The molecule has 1 unspecified atom stereocenters.